The Labute approximate surface area is 146 Å². The molecule has 3 N–H and O–H groups in total. The van der Waals surface area contributed by atoms with Crippen molar-refractivity contribution in [1.82, 2.24) is 16.2 Å². The molecule has 1 aromatic rings. The number of carbonyl (C=O) groups excluding carboxylic acids is 3. The molecule has 0 heterocycles. The summed E-state index contributed by atoms with van der Waals surface area (Å²) >= 11 is 0. The van der Waals surface area contributed by atoms with Crippen LogP contribution in [0.3, 0.4) is 0 Å². The van der Waals surface area contributed by atoms with Crippen molar-refractivity contribution < 1.29 is 14.4 Å². The highest BCUT2D eigenvalue weighted by Crippen LogP contribution is 2.32. The monoisotopic (exact) mass is 342 g/mol. The van der Waals surface area contributed by atoms with Crippen LogP contribution in [0.5, 0.6) is 0 Å². The summed E-state index contributed by atoms with van der Waals surface area (Å²) in [6.45, 7) is -0.0264. The van der Waals surface area contributed by atoms with E-state index in [0.29, 0.717) is 12.0 Å². The Hall–Kier alpha value is -2.88. The standard InChI is InChI=1S/C18H22N4O3/c19-10-11-20-18(25)15-9-5-4-8-14(15)12-16(23)21-22-17(24)13-6-2-1-3-7-13/h1-3,6-7,14-15H,4-5,8-9,11-12H2,(H,20,25)(H,21,23)(H,22,24). The summed E-state index contributed by atoms with van der Waals surface area (Å²) in [5, 5.41) is 11.1. The van der Waals surface area contributed by atoms with Crippen LogP contribution in [0.2, 0.25) is 0 Å². The van der Waals surface area contributed by atoms with Crippen LogP contribution in [0.4, 0.5) is 0 Å². The summed E-state index contributed by atoms with van der Waals surface area (Å²) in [5.74, 6) is -1.23. The molecule has 1 fully saturated rings. The largest absolute Gasteiger partial charge is 0.343 e. The fraction of sp³-hybridized carbons (Fsp3) is 0.444. The number of carbonyl (C=O) groups is 3. The summed E-state index contributed by atoms with van der Waals surface area (Å²) < 4.78 is 0. The van der Waals surface area contributed by atoms with E-state index in [1.165, 1.54) is 0 Å². The Morgan fingerprint density at radius 2 is 1.80 bits per heavy atom. The van der Waals surface area contributed by atoms with Gasteiger partial charge in [-0.3, -0.25) is 25.2 Å². The van der Waals surface area contributed by atoms with Crippen LogP contribution in [0.25, 0.3) is 0 Å². The van der Waals surface area contributed by atoms with Crippen LogP contribution in [0.1, 0.15) is 42.5 Å². The Morgan fingerprint density at radius 1 is 1.08 bits per heavy atom. The second-order valence-corrected chi connectivity index (χ2v) is 6.10. The summed E-state index contributed by atoms with van der Waals surface area (Å²) in [5.41, 5.74) is 5.25. The number of benzene rings is 1. The maximum absolute atomic E-state index is 12.1. The number of rotatable bonds is 5. The average molecular weight is 342 g/mol. The first-order valence-electron chi connectivity index (χ1n) is 8.40. The molecule has 132 valence electrons. The zero-order valence-corrected chi connectivity index (χ0v) is 14.0. The minimum atomic E-state index is -0.388. The van der Waals surface area contributed by atoms with E-state index < -0.39 is 0 Å². The Bertz CT molecular complexity index is 654. The third-order valence-corrected chi connectivity index (χ3v) is 4.39. The number of nitriles is 1. The molecule has 0 aliphatic heterocycles. The minimum Gasteiger partial charge on any atom is -0.343 e. The van der Waals surface area contributed by atoms with Crippen molar-refractivity contribution in [2.45, 2.75) is 32.1 Å². The average Bonchev–Trinajstić information content (AvgIpc) is 2.65. The molecule has 2 unspecified atom stereocenters. The van der Waals surface area contributed by atoms with Crippen LogP contribution < -0.4 is 16.2 Å². The van der Waals surface area contributed by atoms with Gasteiger partial charge >= 0.3 is 0 Å². The third-order valence-electron chi connectivity index (χ3n) is 4.39. The molecule has 7 nitrogen and oxygen atoms in total. The SMILES string of the molecule is N#CCNC(=O)C1CCCCC1CC(=O)NNC(=O)c1ccccc1. The van der Waals surface area contributed by atoms with Gasteiger partial charge in [0.2, 0.25) is 11.8 Å². The quantitative estimate of drug-likeness (QED) is 0.553. The molecular weight excluding hydrogens is 320 g/mol. The van der Waals surface area contributed by atoms with E-state index in [0.717, 1.165) is 19.3 Å². The van der Waals surface area contributed by atoms with Crippen molar-refractivity contribution >= 4 is 17.7 Å². The first-order valence-corrected chi connectivity index (χ1v) is 8.40. The van der Waals surface area contributed by atoms with Crippen LogP contribution in [0, 0.1) is 23.2 Å². The maximum Gasteiger partial charge on any atom is 0.269 e. The molecule has 0 aromatic heterocycles. The van der Waals surface area contributed by atoms with Crippen LogP contribution in [0.15, 0.2) is 30.3 Å². The highest BCUT2D eigenvalue weighted by molar-refractivity contribution is 5.95. The molecule has 1 aliphatic rings. The predicted octanol–water partition coefficient (Wildman–Crippen LogP) is 1.28. The predicted molar refractivity (Wildman–Crippen MR) is 90.7 cm³/mol. The fourth-order valence-electron chi connectivity index (χ4n) is 3.13. The van der Waals surface area contributed by atoms with Crippen molar-refractivity contribution in [2.24, 2.45) is 11.8 Å². The highest BCUT2D eigenvalue weighted by Gasteiger charge is 2.32. The fourth-order valence-corrected chi connectivity index (χ4v) is 3.13. The number of hydrogen-bond acceptors (Lipinski definition) is 4. The first kappa shape index (κ1) is 18.5. The van der Waals surface area contributed by atoms with E-state index in [4.69, 9.17) is 5.26 Å². The lowest BCUT2D eigenvalue weighted by Crippen LogP contribution is -2.44. The minimum absolute atomic E-state index is 0.0264. The molecule has 1 aliphatic carbocycles. The number of nitrogens with zero attached hydrogens (tertiary/aromatic N) is 1. The van der Waals surface area contributed by atoms with E-state index in [9.17, 15) is 14.4 Å². The molecular formula is C18H22N4O3. The molecule has 3 amide bonds. The summed E-state index contributed by atoms with van der Waals surface area (Å²) in [7, 11) is 0. The Kier molecular flexibility index (Phi) is 6.96. The van der Waals surface area contributed by atoms with Crippen molar-refractivity contribution in [2.75, 3.05) is 6.54 Å². The van der Waals surface area contributed by atoms with E-state index in [1.807, 2.05) is 6.07 Å². The topological polar surface area (TPSA) is 111 Å². The Balaban J connectivity index is 1.84. The molecule has 0 bridgehead atoms. The number of nitrogens with one attached hydrogen (secondary N) is 3. The van der Waals surface area contributed by atoms with Crippen LogP contribution >= 0.6 is 0 Å². The zero-order valence-electron chi connectivity index (χ0n) is 14.0. The maximum atomic E-state index is 12.1. The van der Waals surface area contributed by atoms with Gasteiger partial charge in [-0.2, -0.15) is 5.26 Å². The van der Waals surface area contributed by atoms with Gasteiger partial charge in [0, 0.05) is 17.9 Å². The smallest absolute Gasteiger partial charge is 0.269 e. The lowest BCUT2D eigenvalue weighted by Gasteiger charge is -2.29. The molecule has 1 saturated carbocycles. The van der Waals surface area contributed by atoms with Gasteiger partial charge in [0.1, 0.15) is 6.54 Å². The van der Waals surface area contributed by atoms with Gasteiger partial charge in [0.25, 0.3) is 5.91 Å². The van der Waals surface area contributed by atoms with E-state index in [2.05, 4.69) is 16.2 Å². The first-order chi connectivity index (χ1) is 12.1. The van der Waals surface area contributed by atoms with Gasteiger partial charge in [-0.15, -0.1) is 0 Å². The van der Waals surface area contributed by atoms with Gasteiger partial charge < -0.3 is 5.32 Å². The Morgan fingerprint density at radius 3 is 2.52 bits per heavy atom. The van der Waals surface area contributed by atoms with Gasteiger partial charge in [-0.05, 0) is 30.9 Å². The second-order valence-electron chi connectivity index (χ2n) is 6.10. The van der Waals surface area contributed by atoms with Crippen molar-refractivity contribution in [3.05, 3.63) is 35.9 Å². The molecule has 0 radical (unpaired) electrons. The molecule has 0 saturated heterocycles. The zero-order chi connectivity index (χ0) is 18.1. The molecule has 2 rings (SSSR count). The number of hydrazine groups is 1. The van der Waals surface area contributed by atoms with Gasteiger partial charge in [-0.1, -0.05) is 31.0 Å². The van der Waals surface area contributed by atoms with E-state index in [-0.39, 0.29) is 42.5 Å². The number of hydrogen-bond donors (Lipinski definition) is 3. The van der Waals surface area contributed by atoms with Crippen LogP contribution in [-0.4, -0.2) is 24.3 Å². The summed E-state index contributed by atoms with van der Waals surface area (Å²) in [4.78, 5) is 36.2. The molecule has 2 atom stereocenters. The lowest BCUT2D eigenvalue weighted by atomic mass is 9.77. The van der Waals surface area contributed by atoms with Gasteiger partial charge in [0.05, 0.1) is 6.07 Å². The van der Waals surface area contributed by atoms with Crippen LogP contribution in [-0.2, 0) is 9.59 Å². The molecule has 1 aromatic carbocycles. The molecule has 25 heavy (non-hydrogen) atoms. The normalized spacial score (nSPS) is 19.3. The van der Waals surface area contributed by atoms with Crippen molar-refractivity contribution in [3.8, 4) is 6.07 Å². The second kappa shape index (κ2) is 9.42. The summed E-state index contributed by atoms with van der Waals surface area (Å²) in [6, 6.07) is 10.5. The van der Waals surface area contributed by atoms with E-state index in [1.54, 1.807) is 30.3 Å². The molecule has 0 spiro atoms. The third kappa shape index (κ3) is 5.60. The van der Waals surface area contributed by atoms with Gasteiger partial charge in [-0.25, -0.2) is 0 Å². The van der Waals surface area contributed by atoms with Gasteiger partial charge in [0.15, 0.2) is 0 Å². The van der Waals surface area contributed by atoms with Crippen molar-refractivity contribution in [1.29, 1.82) is 5.26 Å². The van der Waals surface area contributed by atoms with E-state index >= 15 is 0 Å². The van der Waals surface area contributed by atoms with Crippen molar-refractivity contribution in [3.63, 3.8) is 0 Å². The number of amides is 3. The molecule has 7 heteroatoms. The summed E-state index contributed by atoms with van der Waals surface area (Å²) in [6.07, 6.45) is 3.57. The highest BCUT2D eigenvalue weighted by atomic mass is 16.2. The lowest BCUT2D eigenvalue weighted by molar-refractivity contribution is -0.129.